The van der Waals surface area contributed by atoms with Crippen LogP contribution in [0.2, 0.25) is 0 Å². The van der Waals surface area contributed by atoms with Gasteiger partial charge in [-0.15, -0.1) is 0 Å². The number of carbonyl (C=O) groups excluding carboxylic acids is 1. The summed E-state index contributed by atoms with van der Waals surface area (Å²) in [6.07, 6.45) is 0.737. The number of halogens is 2. The normalized spacial score (nSPS) is 12.0. The number of anilines is 1. The van der Waals surface area contributed by atoms with Crippen molar-refractivity contribution in [1.29, 1.82) is 0 Å². The molecule has 0 heterocycles. The van der Waals surface area contributed by atoms with E-state index in [1.807, 2.05) is 30.3 Å². The summed E-state index contributed by atoms with van der Waals surface area (Å²) in [4.78, 5) is 12.4. The second-order valence-electron chi connectivity index (χ2n) is 5.62. The van der Waals surface area contributed by atoms with E-state index in [0.29, 0.717) is 6.54 Å². The summed E-state index contributed by atoms with van der Waals surface area (Å²) in [6, 6.07) is 12.2. The van der Waals surface area contributed by atoms with Crippen molar-refractivity contribution < 1.29 is 22.3 Å². The molecule has 0 amide bonds. The molecule has 0 aromatic heterocycles. The third kappa shape index (κ3) is 5.69. The smallest absolute Gasteiger partial charge is 0.259 e. The molecule has 0 saturated heterocycles. The Morgan fingerprint density at radius 1 is 1.08 bits per heavy atom. The van der Waals surface area contributed by atoms with Crippen LogP contribution in [0.25, 0.3) is 0 Å². The number of hydrogen-bond donors (Lipinski definition) is 3. The molecule has 5 nitrogen and oxygen atoms in total. The summed E-state index contributed by atoms with van der Waals surface area (Å²) >= 11 is -2.42. The first-order valence-corrected chi connectivity index (χ1v) is 9.09. The molecule has 26 heavy (non-hydrogen) atoms. The molecule has 0 radical (unpaired) electrons. The van der Waals surface area contributed by atoms with Gasteiger partial charge < -0.3 is 5.32 Å². The Hall–Kier alpha value is -2.16. The number of nitrogens with one attached hydrogen (secondary N) is 2. The van der Waals surface area contributed by atoms with Gasteiger partial charge in [-0.3, -0.25) is 14.1 Å². The highest BCUT2D eigenvalue weighted by atomic mass is 32.2. The minimum Gasteiger partial charge on any atom is -0.309 e. The van der Waals surface area contributed by atoms with Gasteiger partial charge in [0.1, 0.15) is 13.3 Å². The summed E-state index contributed by atoms with van der Waals surface area (Å²) in [5, 5.41) is 3.00. The van der Waals surface area contributed by atoms with E-state index in [1.165, 1.54) is 12.1 Å². The monoisotopic (exact) mass is 382 g/mol. The summed E-state index contributed by atoms with van der Waals surface area (Å²) in [5.41, 5.74) is 1.26. The standard InChI is InChI=1S/C18H20F2N2O3S/c19-10-14-8-15(11-20)17(22-26(24)25)9-16(14)18(23)12-21-7-6-13-4-2-1-3-5-13/h1-5,8-9,21-22H,6-7,10-12H2,(H,24,25). The van der Waals surface area contributed by atoms with Crippen molar-refractivity contribution in [2.24, 2.45) is 0 Å². The lowest BCUT2D eigenvalue weighted by Gasteiger charge is -2.13. The van der Waals surface area contributed by atoms with E-state index in [4.69, 9.17) is 4.55 Å². The molecule has 0 fully saturated rings. The van der Waals surface area contributed by atoms with Crippen molar-refractivity contribution in [3.05, 3.63) is 64.7 Å². The molecule has 0 saturated carbocycles. The fraction of sp³-hybridized carbons (Fsp3) is 0.278. The van der Waals surface area contributed by atoms with Crippen LogP contribution in [0.4, 0.5) is 14.5 Å². The van der Waals surface area contributed by atoms with Crippen molar-refractivity contribution in [1.82, 2.24) is 5.32 Å². The van der Waals surface area contributed by atoms with E-state index in [9.17, 15) is 17.8 Å². The van der Waals surface area contributed by atoms with Gasteiger partial charge in [-0.05, 0) is 36.2 Å². The number of carbonyl (C=O) groups is 1. The molecule has 2 rings (SSSR count). The number of benzene rings is 2. The summed E-state index contributed by atoms with van der Waals surface area (Å²) in [7, 11) is 0. The second kappa shape index (κ2) is 10.1. The first-order chi connectivity index (χ1) is 12.5. The predicted molar refractivity (Wildman–Crippen MR) is 97.8 cm³/mol. The molecule has 0 aliphatic heterocycles. The third-order valence-electron chi connectivity index (χ3n) is 3.83. The Labute approximate surface area is 153 Å². The Bertz CT molecular complexity index is 773. The number of ketones is 1. The third-order valence-corrected chi connectivity index (χ3v) is 4.23. The molecule has 2 aromatic rings. The van der Waals surface area contributed by atoms with Crippen LogP contribution >= 0.6 is 0 Å². The molecule has 0 aliphatic rings. The molecular formula is C18H20F2N2O3S. The molecular weight excluding hydrogens is 362 g/mol. The topological polar surface area (TPSA) is 78.4 Å². The van der Waals surface area contributed by atoms with Crippen LogP contribution in [0.3, 0.4) is 0 Å². The first-order valence-electron chi connectivity index (χ1n) is 7.98. The van der Waals surface area contributed by atoms with Gasteiger partial charge in [0.15, 0.2) is 5.78 Å². The van der Waals surface area contributed by atoms with Gasteiger partial charge in [-0.2, -0.15) is 0 Å². The van der Waals surface area contributed by atoms with Gasteiger partial charge in [0, 0.05) is 11.1 Å². The van der Waals surface area contributed by atoms with Gasteiger partial charge in [0.2, 0.25) is 0 Å². The summed E-state index contributed by atoms with van der Waals surface area (Å²) in [6.45, 7) is -1.33. The van der Waals surface area contributed by atoms with E-state index < -0.39 is 24.6 Å². The predicted octanol–water partition coefficient (Wildman–Crippen LogP) is 3.19. The Morgan fingerprint density at radius 2 is 1.77 bits per heavy atom. The number of hydrogen-bond acceptors (Lipinski definition) is 3. The van der Waals surface area contributed by atoms with E-state index >= 15 is 0 Å². The van der Waals surface area contributed by atoms with E-state index in [1.54, 1.807) is 0 Å². The van der Waals surface area contributed by atoms with Crippen LogP contribution in [0.15, 0.2) is 42.5 Å². The average Bonchev–Trinajstić information content (AvgIpc) is 2.65. The molecule has 3 N–H and O–H groups in total. The number of Topliss-reactive ketones (excluding diaryl/α,β-unsaturated/α-hetero) is 1. The van der Waals surface area contributed by atoms with Gasteiger partial charge in [-0.1, -0.05) is 30.3 Å². The van der Waals surface area contributed by atoms with E-state index in [0.717, 1.165) is 12.0 Å². The molecule has 0 aliphatic carbocycles. The second-order valence-corrected chi connectivity index (χ2v) is 6.32. The SMILES string of the molecule is O=C(CNCCc1ccccc1)c1cc(NS(=O)O)c(CF)cc1CF. The fourth-order valence-electron chi connectivity index (χ4n) is 2.54. The highest BCUT2D eigenvalue weighted by Crippen LogP contribution is 2.24. The number of rotatable bonds is 10. The highest BCUT2D eigenvalue weighted by molar-refractivity contribution is 7.80. The van der Waals surface area contributed by atoms with Crippen LogP contribution in [0.5, 0.6) is 0 Å². The average molecular weight is 382 g/mol. The minimum atomic E-state index is -2.42. The van der Waals surface area contributed by atoms with Crippen molar-refractivity contribution in [2.45, 2.75) is 19.8 Å². The van der Waals surface area contributed by atoms with Gasteiger partial charge in [-0.25, -0.2) is 13.0 Å². The summed E-state index contributed by atoms with van der Waals surface area (Å²) < 4.78 is 48.3. The van der Waals surface area contributed by atoms with Gasteiger partial charge in [0.25, 0.3) is 11.3 Å². The van der Waals surface area contributed by atoms with Gasteiger partial charge in [0.05, 0.1) is 12.2 Å². The van der Waals surface area contributed by atoms with Crippen LogP contribution in [-0.2, 0) is 31.0 Å². The molecule has 1 atom stereocenters. The zero-order valence-electron chi connectivity index (χ0n) is 14.0. The number of alkyl halides is 2. The van der Waals surface area contributed by atoms with E-state index in [2.05, 4.69) is 10.0 Å². The lowest BCUT2D eigenvalue weighted by Crippen LogP contribution is -2.26. The van der Waals surface area contributed by atoms with Crippen molar-refractivity contribution in [3.8, 4) is 0 Å². The quantitative estimate of drug-likeness (QED) is 0.335. The largest absolute Gasteiger partial charge is 0.309 e. The maximum atomic E-state index is 13.2. The lowest BCUT2D eigenvalue weighted by atomic mass is 10.00. The first kappa shape index (κ1) is 20.2. The Kier molecular flexibility index (Phi) is 7.83. The van der Waals surface area contributed by atoms with Crippen LogP contribution in [0.1, 0.15) is 27.0 Å². The molecule has 8 heteroatoms. The van der Waals surface area contributed by atoms with E-state index in [-0.39, 0.29) is 34.7 Å². The van der Waals surface area contributed by atoms with Crippen molar-refractivity contribution in [2.75, 3.05) is 17.8 Å². The Morgan fingerprint density at radius 3 is 2.38 bits per heavy atom. The van der Waals surface area contributed by atoms with Crippen LogP contribution < -0.4 is 10.0 Å². The van der Waals surface area contributed by atoms with Crippen LogP contribution in [0, 0.1) is 0 Å². The molecule has 1 unspecified atom stereocenters. The minimum absolute atomic E-state index is 0.00170. The van der Waals surface area contributed by atoms with Crippen molar-refractivity contribution in [3.63, 3.8) is 0 Å². The Balaban J connectivity index is 2.05. The molecule has 2 aromatic carbocycles. The highest BCUT2D eigenvalue weighted by Gasteiger charge is 2.16. The molecule has 0 bridgehead atoms. The lowest BCUT2D eigenvalue weighted by molar-refractivity contribution is 0.0989. The maximum Gasteiger partial charge on any atom is 0.259 e. The van der Waals surface area contributed by atoms with Crippen molar-refractivity contribution >= 4 is 22.7 Å². The fourth-order valence-corrected chi connectivity index (χ4v) is 2.92. The summed E-state index contributed by atoms with van der Waals surface area (Å²) in [5.74, 6) is -0.372. The molecule has 140 valence electrons. The zero-order chi connectivity index (χ0) is 18.9. The van der Waals surface area contributed by atoms with Gasteiger partial charge >= 0.3 is 0 Å². The zero-order valence-corrected chi connectivity index (χ0v) is 14.8. The molecule has 0 spiro atoms. The van der Waals surface area contributed by atoms with Crippen LogP contribution in [-0.4, -0.2) is 27.6 Å². The maximum absolute atomic E-state index is 13.2.